The van der Waals surface area contributed by atoms with Crippen molar-refractivity contribution in [3.8, 4) is 0 Å². The Labute approximate surface area is 118 Å². The van der Waals surface area contributed by atoms with Crippen molar-refractivity contribution < 1.29 is 4.79 Å². The van der Waals surface area contributed by atoms with Gasteiger partial charge in [0, 0.05) is 25.4 Å². The molecule has 3 N–H and O–H groups in total. The molecule has 0 aliphatic heterocycles. The van der Waals surface area contributed by atoms with Gasteiger partial charge in [0.05, 0.1) is 6.42 Å². The van der Waals surface area contributed by atoms with Crippen molar-refractivity contribution in [2.24, 2.45) is 12.8 Å². The number of benzene rings is 1. The van der Waals surface area contributed by atoms with Crippen LogP contribution in [0.25, 0.3) is 0 Å². The summed E-state index contributed by atoms with van der Waals surface area (Å²) in [6, 6.07) is 6.11. The number of nitrogens with one attached hydrogen (secondary N) is 1. The average Bonchev–Trinajstić information content (AvgIpc) is 2.74. The minimum atomic E-state index is -0.0768. The number of carbonyl (C=O) groups excluding carboxylic acids is 1. The first-order valence-electron chi connectivity index (χ1n) is 6.58. The Morgan fingerprint density at radius 2 is 2.10 bits per heavy atom. The number of amides is 1. The Morgan fingerprint density at radius 1 is 1.35 bits per heavy atom. The Kier molecular flexibility index (Phi) is 4.20. The molecule has 0 fully saturated rings. The monoisotopic (exact) mass is 272 g/mol. The first-order valence-corrected chi connectivity index (χ1v) is 6.58. The Morgan fingerprint density at radius 3 is 2.80 bits per heavy atom. The molecule has 1 amide bonds. The Hall–Kier alpha value is -2.14. The van der Waals surface area contributed by atoms with Crippen LogP contribution in [0.5, 0.6) is 0 Å². The first kappa shape index (κ1) is 14.3. The summed E-state index contributed by atoms with van der Waals surface area (Å²) < 4.78 is 1.65. The highest BCUT2D eigenvalue weighted by atomic mass is 16.1. The van der Waals surface area contributed by atoms with Gasteiger partial charge in [-0.1, -0.05) is 23.8 Å². The van der Waals surface area contributed by atoms with Gasteiger partial charge in [-0.25, -0.2) is 0 Å². The minimum Gasteiger partial charge on any atom is -0.326 e. The zero-order chi connectivity index (χ0) is 14.7. The van der Waals surface area contributed by atoms with Crippen LogP contribution in [0.4, 0.5) is 5.82 Å². The van der Waals surface area contributed by atoms with E-state index in [9.17, 15) is 4.79 Å². The minimum absolute atomic E-state index is 0.0768. The van der Waals surface area contributed by atoms with E-state index in [-0.39, 0.29) is 5.91 Å². The van der Waals surface area contributed by atoms with Gasteiger partial charge in [-0.15, -0.1) is 0 Å². The van der Waals surface area contributed by atoms with Gasteiger partial charge in [-0.3, -0.25) is 9.48 Å². The number of carbonyl (C=O) groups is 1. The number of aromatic nitrogens is 2. The van der Waals surface area contributed by atoms with E-state index in [1.165, 1.54) is 0 Å². The molecule has 0 saturated carbocycles. The van der Waals surface area contributed by atoms with Crippen LogP contribution in [-0.4, -0.2) is 15.7 Å². The molecule has 0 aliphatic carbocycles. The third-order valence-electron chi connectivity index (χ3n) is 3.24. The molecule has 0 saturated heterocycles. The summed E-state index contributed by atoms with van der Waals surface area (Å²) >= 11 is 0. The number of nitrogens with zero attached hydrogens (tertiary/aromatic N) is 2. The standard InChI is InChI=1S/C15H20N4O/c1-10-4-5-11(2)12(6-10)7-14(20)17-15-13(8-16)9-19(3)18-15/h4-6,9H,7-8,16H2,1-3H3,(H,17,18,20). The normalized spacial score (nSPS) is 10.6. The summed E-state index contributed by atoms with van der Waals surface area (Å²) in [5.41, 5.74) is 9.77. The second-order valence-electron chi connectivity index (χ2n) is 5.04. The SMILES string of the molecule is Cc1ccc(C)c(CC(=O)Nc2nn(C)cc2CN)c1. The molecule has 5 nitrogen and oxygen atoms in total. The molecule has 0 spiro atoms. The molecular formula is C15H20N4O. The largest absolute Gasteiger partial charge is 0.326 e. The second-order valence-corrected chi connectivity index (χ2v) is 5.04. The van der Waals surface area contributed by atoms with Crippen LogP contribution < -0.4 is 11.1 Å². The van der Waals surface area contributed by atoms with Crippen molar-refractivity contribution >= 4 is 11.7 Å². The summed E-state index contributed by atoms with van der Waals surface area (Å²) in [7, 11) is 1.81. The van der Waals surface area contributed by atoms with Gasteiger partial charge >= 0.3 is 0 Å². The lowest BCUT2D eigenvalue weighted by Gasteiger charge is -2.07. The molecule has 0 aliphatic rings. The van der Waals surface area contributed by atoms with E-state index in [0.717, 1.165) is 22.3 Å². The molecule has 0 bridgehead atoms. The van der Waals surface area contributed by atoms with E-state index in [1.807, 2.05) is 38.2 Å². The first-order chi connectivity index (χ1) is 9.49. The summed E-state index contributed by atoms with van der Waals surface area (Å²) in [5.74, 6) is 0.470. The van der Waals surface area contributed by atoms with Gasteiger partial charge in [0.15, 0.2) is 5.82 Å². The fourth-order valence-electron chi connectivity index (χ4n) is 2.13. The molecule has 20 heavy (non-hydrogen) atoms. The van der Waals surface area contributed by atoms with E-state index in [4.69, 9.17) is 5.73 Å². The third-order valence-corrected chi connectivity index (χ3v) is 3.24. The Bertz CT molecular complexity index is 631. The van der Waals surface area contributed by atoms with Crippen LogP contribution in [0.15, 0.2) is 24.4 Å². The maximum atomic E-state index is 12.1. The predicted molar refractivity (Wildman–Crippen MR) is 79.3 cm³/mol. The highest BCUT2D eigenvalue weighted by Gasteiger charge is 2.11. The van der Waals surface area contributed by atoms with Crippen molar-refractivity contribution in [1.29, 1.82) is 0 Å². The van der Waals surface area contributed by atoms with Gasteiger partial charge in [0.2, 0.25) is 5.91 Å². The van der Waals surface area contributed by atoms with Gasteiger partial charge in [0.25, 0.3) is 0 Å². The molecule has 1 aromatic heterocycles. The van der Waals surface area contributed by atoms with Crippen LogP contribution in [0, 0.1) is 13.8 Å². The van der Waals surface area contributed by atoms with E-state index in [2.05, 4.69) is 10.4 Å². The van der Waals surface area contributed by atoms with Gasteiger partial charge in [0.1, 0.15) is 0 Å². The number of hydrogen-bond acceptors (Lipinski definition) is 3. The van der Waals surface area contributed by atoms with Crippen LogP contribution in [-0.2, 0) is 24.8 Å². The lowest BCUT2D eigenvalue weighted by atomic mass is 10.0. The molecule has 1 aromatic carbocycles. The van der Waals surface area contributed by atoms with Crippen molar-refractivity contribution in [3.63, 3.8) is 0 Å². The predicted octanol–water partition coefficient (Wildman–Crippen LogP) is 1.68. The number of rotatable bonds is 4. The van der Waals surface area contributed by atoms with Crippen molar-refractivity contribution in [2.45, 2.75) is 26.8 Å². The lowest BCUT2D eigenvalue weighted by molar-refractivity contribution is -0.115. The molecule has 0 atom stereocenters. The van der Waals surface area contributed by atoms with Gasteiger partial charge in [-0.2, -0.15) is 5.10 Å². The summed E-state index contributed by atoms with van der Waals surface area (Å²) in [5, 5.41) is 7.03. The van der Waals surface area contributed by atoms with Crippen molar-refractivity contribution in [3.05, 3.63) is 46.6 Å². The summed E-state index contributed by atoms with van der Waals surface area (Å²) in [6.07, 6.45) is 2.15. The molecular weight excluding hydrogens is 252 g/mol. The molecule has 0 radical (unpaired) electrons. The molecule has 2 rings (SSSR count). The van der Waals surface area contributed by atoms with E-state index in [0.29, 0.717) is 18.8 Å². The highest BCUT2D eigenvalue weighted by Crippen LogP contribution is 2.14. The van der Waals surface area contributed by atoms with Crippen LogP contribution >= 0.6 is 0 Å². The third kappa shape index (κ3) is 3.24. The smallest absolute Gasteiger partial charge is 0.230 e. The maximum Gasteiger partial charge on any atom is 0.230 e. The Balaban J connectivity index is 2.10. The second kappa shape index (κ2) is 5.88. The number of hydrogen-bond donors (Lipinski definition) is 2. The number of aryl methyl sites for hydroxylation is 3. The van der Waals surface area contributed by atoms with Crippen LogP contribution in [0.3, 0.4) is 0 Å². The van der Waals surface area contributed by atoms with E-state index < -0.39 is 0 Å². The zero-order valence-electron chi connectivity index (χ0n) is 12.1. The zero-order valence-corrected chi connectivity index (χ0v) is 12.1. The average molecular weight is 272 g/mol. The lowest BCUT2D eigenvalue weighted by Crippen LogP contribution is -2.17. The van der Waals surface area contributed by atoms with Crippen LogP contribution in [0.2, 0.25) is 0 Å². The highest BCUT2D eigenvalue weighted by molar-refractivity contribution is 5.92. The molecule has 106 valence electrons. The van der Waals surface area contributed by atoms with E-state index in [1.54, 1.807) is 11.7 Å². The summed E-state index contributed by atoms with van der Waals surface area (Å²) in [6.45, 7) is 4.38. The summed E-state index contributed by atoms with van der Waals surface area (Å²) in [4.78, 5) is 12.1. The van der Waals surface area contributed by atoms with Crippen LogP contribution in [0.1, 0.15) is 22.3 Å². The topological polar surface area (TPSA) is 72.9 Å². The maximum absolute atomic E-state index is 12.1. The fraction of sp³-hybridized carbons (Fsp3) is 0.333. The van der Waals surface area contributed by atoms with Crippen molar-refractivity contribution in [2.75, 3.05) is 5.32 Å². The van der Waals surface area contributed by atoms with Gasteiger partial charge < -0.3 is 11.1 Å². The quantitative estimate of drug-likeness (QED) is 0.889. The molecule has 5 heteroatoms. The van der Waals surface area contributed by atoms with Crippen molar-refractivity contribution in [1.82, 2.24) is 9.78 Å². The fourth-order valence-corrected chi connectivity index (χ4v) is 2.13. The molecule has 0 unspecified atom stereocenters. The van der Waals surface area contributed by atoms with E-state index >= 15 is 0 Å². The number of anilines is 1. The number of nitrogens with two attached hydrogens (primary N) is 1. The van der Waals surface area contributed by atoms with Gasteiger partial charge in [-0.05, 0) is 25.0 Å². The molecule has 1 heterocycles. The molecule has 2 aromatic rings.